The molecular weight excluding hydrogens is 360 g/mol. The second kappa shape index (κ2) is 8.32. The molecule has 1 aliphatic rings. The van der Waals surface area contributed by atoms with Crippen LogP contribution in [0.25, 0.3) is 5.65 Å². The smallest absolute Gasteiger partial charge is 0.226 e. The number of anilines is 1. The Morgan fingerprint density at radius 1 is 1.18 bits per heavy atom. The van der Waals surface area contributed by atoms with Crippen molar-refractivity contribution in [3.8, 4) is 0 Å². The van der Waals surface area contributed by atoms with Gasteiger partial charge in [-0.05, 0) is 25.0 Å². The van der Waals surface area contributed by atoms with E-state index in [2.05, 4.69) is 37.3 Å². The lowest BCUT2D eigenvalue weighted by Gasteiger charge is -2.35. The van der Waals surface area contributed by atoms with Crippen LogP contribution < -0.4 is 4.90 Å². The fourth-order valence-corrected chi connectivity index (χ4v) is 3.34. The molecule has 28 heavy (non-hydrogen) atoms. The van der Waals surface area contributed by atoms with E-state index < -0.39 is 0 Å². The van der Waals surface area contributed by atoms with Crippen LogP contribution in [0.15, 0.2) is 23.0 Å². The van der Waals surface area contributed by atoms with E-state index in [1.54, 1.807) is 10.8 Å². The zero-order chi connectivity index (χ0) is 19.3. The molecule has 3 aromatic heterocycles. The molecule has 0 saturated carbocycles. The van der Waals surface area contributed by atoms with Gasteiger partial charge in [-0.3, -0.25) is 4.79 Å². The Kier molecular flexibility index (Phi) is 5.45. The van der Waals surface area contributed by atoms with Gasteiger partial charge in [-0.15, -0.1) is 15.3 Å². The Bertz CT molecular complexity index is 928. The van der Waals surface area contributed by atoms with Crippen molar-refractivity contribution in [2.24, 2.45) is 0 Å². The first-order valence-electron chi connectivity index (χ1n) is 9.74. The molecular formula is C18H24N8O2. The first-order chi connectivity index (χ1) is 13.7. The Labute approximate surface area is 162 Å². The summed E-state index contributed by atoms with van der Waals surface area (Å²) in [6.07, 6.45) is 5.27. The van der Waals surface area contributed by atoms with Gasteiger partial charge in [0.25, 0.3) is 0 Å². The summed E-state index contributed by atoms with van der Waals surface area (Å²) in [6, 6.07) is 3.84. The van der Waals surface area contributed by atoms with E-state index in [-0.39, 0.29) is 5.91 Å². The summed E-state index contributed by atoms with van der Waals surface area (Å²) in [6.45, 7) is 4.99. The highest BCUT2D eigenvalue weighted by Crippen LogP contribution is 2.15. The second-order valence-electron chi connectivity index (χ2n) is 6.90. The standard InChI is InChI=1S/C18H24N8O2/c1-2-4-14-20-17(28-23-14)5-3-6-18(27)25-11-9-24(10-12-25)16-8-7-15-21-19-13-26(15)22-16/h7-8,13H,2-6,9-12H2,1H3. The third-order valence-electron chi connectivity index (χ3n) is 4.87. The number of aryl methyl sites for hydroxylation is 2. The highest BCUT2D eigenvalue weighted by atomic mass is 16.5. The highest BCUT2D eigenvalue weighted by Gasteiger charge is 2.22. The molecule has 0 unspecified atom stereocenters. The molecule has 0 spiro atoms. The Morgan fingerprint density at radius 3 is 2.86 bits per heavy atom. The van der Waals surface area contributed by atoms with E-state index >= 15 is 0 Å². The maximum absolute atomic E-state index is 12.5. The summed E-state index contributed by atoms with van der Waals surface area (Å²) < 4.78 is 6.88. The predicted molar refractivity (Wildman–Crippen MR) is 101 cm³/mol. The molecule has 0 atom stereocenters. The number of piperazine rings is 1. The monoisotopic (exact) mass is 384 g/mol. The molecule has 0 aromatic carbocycles. The Hall–Kier alpha value is -3.04. The fourth-order valence-electron chi connectivity index (χ4n) is 3.34. The zero-order valence-electron chi connectivity index (χ0n) is 16.0. The van der Waals surface area contributed by atoms with Crippen LogP contribution in [-0.4, -0.2) is 66.9 Å². The van der Waals surface area contributed by atoms with Gasteiger partial charge in [-0.1, -0.05) is 12.1 Å². The van der Waals surface area contributed by atoms with E-state index in [9.17, 15) is 4.79 Å². The van der Waals surface area contributed by atoms with Crippen LogP contribution >= 0.6 is 0 Å². The molecule has 10 heteroatoms. The maximum atomic E-state index is 12.5. The Balaban J connectivity index is 1.23. The van der Waals surface area contributed by atoms with Crippen molar-refractivity contribution in [1.29, 1.82) is 0 Å². The van der Waals surface area contributed by atoms with E-state index in [4.69, 9.17) is 4.52 Å². The first kappa shape index (κ1) is 18.3. The number of hydrogen-bond donors (Lipinski definition) is 0. The van der Waals surface area contributed by atoms with Crippen LogP contribution in [0.3, 0.4) is 0 Å². The number of hydrogen-bond acceptors (Lipinski definition) is 8. The molecule has 4 heterocycles. The van der Waals surface area contributed by atoms with Crippen molar-refractivity contribution in [2.75, 3.05) is 31.1 Å². The minimum absolute atomic E-state index is 0.176. The van der Waals surface area contributed by atoms with Crippen LogP contribution in [0.4, 0.5) is 5.82 Å². The summed E-state index contributed by atoms with van der Waals surface area (Å²) in [7, 11) is 0. The van der Waals surface area contributed by atoms with Crippen molar-refractivity contribution in [3.05, 3.63) is 30.2 Å². The number of aromatic nitrogens is 6. The van der Waals surface area contributed by atoms with Crippen LogP contribution in [-0.2, 0) is 17.6 Å². The van der Waals surface area contributed by atoms with Crippen molar-refractivity contribution in [1.82, 2.24) is 34.9 Å². The lowest BCUT2D eigenvalue weighted by molar-refractivity contribution is -0.131. The van der Waals surface area contributed by atoms with Gasteiger partial charge in [-0.2, -0.15) is 9.50 Å². The minimum Gasteiger partial charge on any atom is -0.352 e. The number of amides is 1. The first-order valence-corrected chi connectivity index (χ1v) is 9.74. The number of nitrogens with zero attached hydrogens (tertiary/aromatic N) is 8. The van der Waals surface area contributed by atoms with Crippen molar-refractivity contribution in [3.63, 3.8) is 0 Å². The fraction of sp³-hybridized carbons (Fsp3) is 0.556. The van der Waals surface area contributed by atoms with Crippen molar-refractivity contribution < 1.29 is 9.32 Å². The topological polar surface area (TPSA) is 106 Å². The van der Waals surface area contributed by atoms with Gasteiger partial charge in [0.1, 0.15) is 12.1 Å². The van der Waals surface area contributed by atoms with Gasteiger partial charge < -0.3 is 14.3 Å². The molecule has 0 bridgehead atoms. The van der Waals surface area contributed by atoms with Crippen molar-refractivity contribution in [2.45, 2.75) is 39.0 Å². The third-order valence-corrected chi connectivity index (χ3v) is 4.87. The normalized spacial score (nSPS) is 14.8. The van der Waals surface area contributed by atoms with Gasteiger partial charge in [-0.25, -0.2) is 0 Å². The predicted octanol–water partition coefficient (Wildman–Crippen LogP) is 1.13. The highest BCUT2D eigenvalue weighted by molar-refractivity contribution is 5.76. The van der Waals surface area contributed by atoms with E-state index in [1.807, 2.05) is 17.0 Å². The van der Waals surface area contributed by atoms with Gasteiger partial charge >= 0.3 is 0 Å². The molecule has 0 N–H and O–H groups in total. The molecule has 0 aliphatic carbocycles. The van der Waals surface area contributed by atoms with Gasteiger partial charge in [0.05, 0.1) is 0 Å². The molecule has 1 saturated heterocycles. The van der Waals surface area contributed by atoms with Crippen LogP contribution in [0.1, 0.15) is 37.9 Å². The minimum atomic E-state index is 0.176. The molecule has 3 aromatic rings. The number of carbonyl (C=O) groups excluding carboxylic acids is 1. The van der Waals surface area contributed by atoms with Crippen LogP contribution in [0.2, 0.25) is 0 Å². The molecule has 10 nitrogen and oxygen atoms in total. The quantitative estimate of drug-likeness (QED) is 0.597. The van der Waals surface area contributed by atoms with Crippen LogP contribution in [0.5, 0.6) is 0 Å². The molecule has 1 amide bonds. The van der Waals surface area contributed by atoms with Crippen LogP contribution in [0, 0.1) is 0 Å². The summed E-state index contributed by atoms with van der Waals surface area (Å²) in [5.74, 6) is 2.42. The van der Waals surface area contributed by atoms with Gasteiger partial charge in [0, 0.05) is 45.4 Å². The van der Waals surface area contributed by atoms with Gasteiger partial charge in [0.2, 0.25) is 11.8 Å². The maximum Gasteiger partial charge on any atom is 0.226 e. The molecule has 0 radical (unpaired) electrons. The molecule has 1 aliphatic heterocycles. The summed E-state index contributed by atoms with van der Waals surface area (Å²) in [4.78, 5) is 20.9. The lowest BCUT2D eigenvalue weighted by Crippen LogP contribution is -2.49. The average molecular weight is 384 g/mol. The van der Waals surface area contributed by atoms with E-state index in [0.29, 0.717) is 31.8 Å². The molecule has 1 fully saturated rings. The zero-order valence-corrected chi connectivity index (χ0v) is 16.0. The number of fused-ring (bicyclic) bond motifs is 1. The van der Waals surface area contributed by atoms with Gasteiger partial charge in [0.15, 0.2) is 11.5 Å². The second-order valence-corrected chi connectivity index (χ2v) is 6.90. The van der Waals surface area contributed by atoms with E-state index in [0.717, 1.165) is 49.6 Å². The summed E-state index contributed by atoms with van der Waals surface area (Å²) in [5, 5.41) is 16.3. The SMILES string of the molecule is CCCc1noc(CCCC(=O)N2CCN(c3ccc4nncn4n3)CC2)n1. The average Bonchev–Trinajstić information content (AvgIpc) is 3.37. The van der Waals surface area contributed by atoms with Crippen molar-refractivity contribution >= 4 is 17.4 Å². The molecule has 148 valence electrons. The Morgan fingerprint density at radius 2 is 2.04 bits per heavy atom. The van der Waals surface area contributed by atoms with E-state index in [1.165, 1.54) is 0 Å². The molecule has 4 rings (SSSR count). The number of rotatable bonds is 7. The third kappa shape index (κ3) is 4.10. The summed E-state index contributed by atoms with van der Waals surface area (Å²) >= 11 is 0. The summed E-state index contributed by atoms with van der Waals surface area (Å²) in [5.41, 5.74) is 0.723. The number of carbonyl (C=O) groups is 1. The largest absolute Gasteiger partial charge is 0.352 e. The lowest BCUT2D eigenvalue weighted by atomic mass is 10.2.